The van der Waals surface area contributed by atoms with E-state index in [0.717, 1.165) is 60.5 Å². The molecule has 1 aromatic carbocycles. The Morgan fingerprint density at radius 3 is 2.81 bits per heavy atom. The summed E-state index contributed by atoms with van der Waals surface area (Å²) in [5.41, 5.74) is 2.60. The molecule has 0 spiro atoms. The van der Waals surface area contributed by atoms with Gasteiger partial charge in [-0.1, -0.05) is 26.0 Å². The largest absolute Gasteiger partial charge is 0.488 e. The maximum Gasteiger partial charge on any atom is 0.337 e. The lowest BCUT2D eigenvalue weighted by atomic mass is 9.76. The second kappa shape index (κ2) is 6.95. The van der Waals surface area contributed by atoms with Crippen molar-refractivity contribution in [1.82, 2.24) is 4.90 Å². The van der Waals surface area contributed by atoms with E-state index >= 15 is 0 Å². The first kappa shape index (κ1) is 18.5. The molecule has 0 radical (unpaired) electrons. The lowest BCUT2D eigenvalue weighted by molar-refractivity contribution is 0.0696. The van der Waals surface area contributed by atoms with E-state index in [0.29, 0.717) is 5.56 Å². The first-order valence-electron chi connectivity index (χ1n) is 9.66. The van der Waals surface area contributed by atoms with Gasteiger partial charge in [0.2, 0.25) is 0 Å². The Morgan fingerprint density at radius 1 is 1.33 bits per heavy atom. The third-order valence-corrected chi connectivity index (χ3v) is 7.09. The van der Waals surface area contributed by atoms with E-state index in [4.69, 9.17) is 4.74 Å². The number of carboxylic acid groups (broad SMARTS) is 1. The summed E-state index contributed by atoms with van der Waals surface area (Å²) in [5, 5.41) is 10.0. The van der Waals surface area contributed by atoms with Crippen molar-refractivity contribution in [2.45, 2.75) is 45.6 Å². The molecule has 144 valence electrons. The number of benzene rings is 1. The van der Waals surface area contributed by atoms with Gasteiger partial charge in [0, 0.05) is 23.5 Å². The molecular formula is C22H27NO3S. The molecule has 2 heterocycles. The smallest absolute Gasteiger partial charge is 0.337 e. The molecule has 4 nitrogen and oxygen atoms in total. The number of ether oxygens (including phenoxy) is 1. The van der Waals surface area contributed by atoms with Gasteiger partial charge >= 0.3 is 5.97 Å². The third-order valence-electron chi connectivity index (χ3n) is 5.76. The number of carbonyl (C=O) groups is 1. The van der Waals surface area contributed by atoms with Crippen LogP contribution in [0.2, 0.25) is 0 Å². The predicted molar refractivity (Wildman–Crippen MR) is 109 cm³/mol. The number of thiophene rings is 1. The van der Waals surface area contributed by atoms with Crippen LogP contribution in [0.1, 0.15) is 47.5 Å². The normalized spacial score (nSPS) is 21.8. The second-order valence-corrected chi connectivity index (χ2v) is 9.75. The highest BCUT2D eigenvalue weighted by Crippen LogP contribution is 2.47. The third kappa shape index (κ3) is 3.63. The van der Waals surface area contributed by atoms with Crippen LogP contribution in [0.25, 0.3) is 10.4 Å². The fraction of sp³-hybridized carbons (Fsp3) is 0.500. The number of nitrogens with zero attached hydrogens (tertiary/aromatic N) is 1. The molecule has 1 aliphatic carbocycles. The maximum atomic E-state index is 12.2. The van der Waals surface area contributed by atoms with Crippen molar-refractivity contribution in [2.75, 3.05) is 20.1 Å². The average Bonchev–Trinajstić information content (AvgIpc) is 3.17. The highest BCUT2D eigenvalue weighted by atomic mass is 32.1. The molecule has 0 amide bonds. The molecule has 1 saturated heterocycles. The fourth-order valence-electron chi connectivity index (χ4n) is 4.26. The van der Waals surface area contributed by atoms with Gasteiger partial charge in [0.1, 0.15) is 11.9 Å². The summed E-state index contributed by atoms with van der Waals surface area (Å²) in [6.07, 6.45) is 4.07. The van der Waals surface area contributed by atoms with E-state index in [9.17, 15) is 9.90 Å². The van der Waals surface area contributed by atoms with Crippen molar-refractivity contribution in [1.29, 1.82) is 0 Å². The molecule has 1 fully saturated rings. The molecule has 0 unspecified atom stereocenters. The minimum atomic E-state index is -0.824. The number of hydrogen-bond acceptors (Lipinski definition) is 4. The minimum Gasteiger partial charge on any atom is -0.488 e. The quantitative estimate of drug-likeness (QED) is 0.828. The van der Waals surface area contributed by atoms with Gasteiger partial charge in [-0.25, -0.2) is 4.79 Å². The van der Waals surface area contributed by atoms with E-state index < -0.39 is 5.97 Å². The molecule has 1 N–H and O–H groups in total. The Bertz CT molecular complexity index is 870. The Hall–Kier alpha value is -1.85. The van der Waals surface area contributed by atoms with Gasteiger partial charge in [-0.05, 0) is 55.8 Å². The molecule has 0 saturated carbocycles. The van der Waals surface area contributed by atoms with Crippen molar-refractivity contribution in [2.24, 2.45) is 5.41 Å². The van der Waals surface area contributed by atoms with E-state index in [1.165, 1.54) is 4.88 Å². The van der Waals surface area contributed by atoms with Crippen LogP contribution in [0.4, 0.5) is 0 Å². The highest BCUT2D eigenvalue weighted by molar-refractivity contribution is 7.16. The van der Waals surface area contributed by atoms with Crippen LogP contribution in [-0.4, -0.2) is 42.2 Å². The summed E-state index contributed by atoms with van der Waals surface area (Å²) >= 11 is 1.65. The minimum absolute atomic E-state index is 0.153. The van der Waals surface area contributed by atoms with Gasteiger partial charge in [-0.3, -0.25) is 0 Å². The number of carboxylic acids is 1. The number of fused-ring (bicyclic) bond motifs is 1. The number of likely N-dealkylation sites (N-methyl/N-ethyl adjacent to an activating group) is 1. The number of para-hydroxylation sites is 1. The number of likely N-dealkylation sites (tertiary alicyclic amines) is 1. The van der Waals surface area contributed by atoms with Gasteiger partial charge in [0.25, 0.3) is 0 Å². The van der Waals surface area contributed by atoms with Gasteiger partial charge in [0.05, 0.1) is 10.4 Å². The molecule has 2 aromatic rings. The molecule has 2 aliphatic rings. The topological polar surface area (TPSA) is 49.8 Å². The van der Waals surface area contributed by atoms with E-state index in [2.05, 4.69) is 25.8 Å². The number of hydrogen-bond donors (Lipinski definition) is 1. The van der Waals surface area contributed by atoms with Crippen LogP contribution >= 0.6 is 11.3 Å². The van der Waals surface area contributed by atoms with Crippen molar-refractivity contribution in [3.8, 4) is 16.2 Å². The Kier molecular flexibility index (Phi) is 4.77. The van der Waals surface area contributed by atoms with E-state index in [-0.39, 0.29) is 11.5 Å². The first-order valence-corrected chi connectivity index (χ1v) is 10.5. The van der Waals surface area contributed by atoms with Crippen molar-refractivity contribution < 1.29 is 14.6 Å². The van der Waals surface area contributed by atoms with Gasteiger partial charge < -0.3 is 14.7 Å². The molecule has 5 heteroatoms. The lowest BCUT2D eigenvalue weighted by Gasteiger charge is -2.29. The van der Waals surface area contributed by atoms with Gasteiger partial charge in [-0.15, -0.1) is 11.3 Å². The second-order valence-electron chi connectivity index (χ2n) is 8.64. The molecule has 4 rings (SSSR count). The fourth-order valence-corrected chi connectivity index (χ4v) is 5.60. The van der Waals surface area contributed by atoms with Crippen LogP contribution in [-0.2, 0) is 12.8 Å². The molecular weight excluding hydrogens is 358 g/mol. The summed E-state index contributed by atoms with van der Waals surface area (Å²) in [5.74, 6) is -0.0197. The van der Waals surface area contributed by atoms with Crippen LogP contribution in [0.5, 0.6) is 5.75 Å². The molecule has 27 heavy (non-hydrogen) atoms. The molecule has 1 atom stereocenters. The van der Waals surface area contributed by atoms with E-state index in [1.807, 2.05) is 24.3 Å². The summed E-state index contributed by atoms with van der Waals surface area (Å²) in [4.78, 5) is 16.6. The average molecular weight is 386 g/mol. The molecule has 1 aromatic heterocycles. The van der Waals surface area contributed by atoms with Crippen molar-refractivity contribution >= 4 is 17.3 Å². The van der Waals surface area contributed by atoms with Crippen LogP contribution < -0.4 is 4.74 Å². The summed E-state index contributed by atoms with van der Waals surface area (Å²) in [6.45, 7) is 6.41. The SMILES string of the molecule is CN1CC[C@@H](Oc2ccccc2-c2sc3c(c2C(=O)O)CC(C)(C)CC3)C1. The number of aromatic carboxylic acids is 1. The number of aryl methyl sites for hydroxylation is 1. The maximum absolute atomic E-state index is 12.2. The van der Waals surface area contributed by atoms with Crippen molar-refractivity contribution in [3.63, 3.8) is 0 Å². The van der Waals surface area contributed by atoms with Gasteiger partial charge in [0.15, 0.2) is 0 Å². The van der Waals surface area contributed by atoms with Gasteiger partial charge in [-0.2, -0.15) is 0 Å². The summed E-state index contributed by atoms with van der Waals surface area (Å²) in [6, 6.07) is 7.91. The first-order chi connectivity index (χ1) is 12.8. The Morgan fingerprint density at radius 2 is 2.11 bits per heavy atom. The van der Waals surface area contributed by atoms with Crippen molar-refractivity contribution in [3.05, 3.63) is 40.3 Å². The van der Waals surface area contributed by atoms with Crippen LogP contribution in [0, 0.1) is 5.41 Å². The Labute approximate surface area is 164 Å². The predicted octanol–water partition coefficient (Wildman–Crippen LogP) is 4.71. The zero-order valence-corrected chi connectivity index (χ0v) is 17.1. The van der Waals surface area contributed by atoms with Crippen LogP contribution in [0.15, 0.2) is 24.3 Å². The summed E-state index contributed by atoms with van der Waals surface area (Å²) in [7, 11) is 2.10. The monoisotopic (exact) mass is 385 g/mol. The van der Waals surface area contributed by atoms with Crippen LogP contribution in [0.3, 0.4) is 0 Å². The summed E-state index contributed by atoms with van der Waals surface area (Å²) < 4.78 is 6.31. The number of rotatable bonds is 4. The highest BCUT2D eigenvalue weighted by Gasteiger charge is 2.33. The Balaban J connectivity index is 1.76. The standard InChI is InChI=1S/C22H27NO3S/c1-22(2)10-8-18-16(12-22)19(21(24)25)20(27-18)15-6-4-5-7-17(15)26-14-9-11-23(3)13-14/h4-7,14H,8-13H2,1-3H3,(H,24,25)/t14-/m1/s1. The molecule has 0 bridgehead atoms. The molecule has 1 aliphatic heterocycles. The lowest BCUT2D eigenvalue weighted by Crippen LogP contribution is -2.22. The van der Waals surface area contributed by atoms with E-state index in [1.54, 1.807) is 11.3 Å². The zero-order valence-electron chi connectivity index (χ0n) is 16.2. The zero-order chi connectivity index (χ0) is 19.2.